The Morgan fingerprint density at radius 2 is 1.09 bits per heavy atom. The normalized spacial score (nSPS) is 24.2. The Morgan fingerprint density at radius 3 is 1.60 bits per heavy atom. The molecule has 2 saturated heterocycles. The van der Waals surface area contributed by atoms with Crippen LogP contribution in [0.3, 0.4) is 0 Å². The first-order chi connectivity index (χ1) is 36.3. The van der Waals surface area contributed by atoms with Crippen molar-refractivity contribution in [2.75, 3.05) is 14.2 Å². The molecule has 6 aliphatic carbocycles. The molecule has 4 fully saturated rings. The molecule has 2 aromatic heterocycles. The van der Waals surface area contributed by atoms with Gasteiger partial charge in [-0.1, -0.05) is 109 Å². The number of hydrogen-bond donors (Lipinski definition) is 4. The van der Waals surface area contributed by atoms with Crippen molar-refractivity contribution in [2.45, 2.75) is 160 Å². The summed E-state index contributed by atoms with van der Waals surface area (Å²) < 4.78 is 9.88. The summed E-state index contributed by atoms with van der Waals surface area (Å²) in [5.74, 6) is 2.25. The molecule has 6 aromatic rings. The number of benzene rings is 4. The lowest BCUT2D eigenvalue weighted by molar-refractivity contribution is -0.139. The van der Waals surface area contributed by atoms with Gasteiger partial charge in [-0.05, 0) is 156 Å². The molecule has 0 unspecified atom stereocenters. The van der Waals surface area contributed by atoms with Crippen molar-refractivity contribution in [2.24, 2.45) is 23.7 Å². The van der Waals surface area contributed by atoms with E-state index in [4.69, 9.17) is 19.4 Å². The van der Waals surface area contributed by atoms with E-state index in [1.54, 1.807) is 0 Å². The van der Waals surface area contributed by atoms with Crippen LogP contribution < -0.4 is 10.6 Å². The number of alkyl carbamates (subject to hydrolysis) is 2. The molecule has 8 aliphatic rings. The second kappa shape index (κ2) is 20.8. The van der Waals surface area contributed by atoms with Gasteiger partial charge in [0.25, 0.3) is 0 Å². The minimum atomic E-state index is -0.697. The number of fused-ring (bicyclic) bond motifs is 4. The van der Waals surface area contributed by atoms with E-state index in [1.807, 2.05) is 27.7 Å². The van der Waals surface area contributed by atoms with Crippen molar-refractivity contribution < 1.29 is 28.7 Å². The number of nitrogens with one attached hydrogen (secondary N) is 4. The summed E-state index contributed by atoms with van der Waals surface area (Å²) in [5.41, 5.74) is 13.5. The third kappa shape index (κ3) is 9.67. The van der Waals surface area contributed by atoms with Crippen LogP contribution in [-0.2, 0) is 38.3 Å². The van der Waals surface area contributed by atoms with Gasteiger partial charge in [-0.15, -0.1) is 0 Å². The van der Waals surface area contributed by atoms with Crippen molar-refractivity contribution in [3.05, 3.63) is 107 Å². The van der Waals surface area contributed by atoms with Gasteiger partial charge in [0.15, 0.2) is 0 Å². The lowest BCUT2D eigenvalue weighted by Gasteiger charge is -2.36. The number of aryl methyl sites for hydroxylation is 2. The molecule has 4 amide bonds. The van der Waals surface area contributed by atoms with E-state index in [2.05, 4.69) is 110 Å². The van der Waals surface area contributed by atoms with Crippen LogP contribution >= 0.6 is 0 Å². The van der Waals surface area contributed by atoms with Crippen LogP contribution in [0.1, 0.15) is 151 Å². The van der Waals surface area contributed by atoms with Crippen molar-refractivity contribution in [3.8, 4) is 22.3 Å². The molecule has 14 nitrogen and oxygen atoms in total. The molecule has 0 spiro atoms. The number of methoxy groups -OCH3 is 2. The number of carbonyl (C=O) groups is 4. The highest BCUT2D eigenvalue weighted by Crippen LogP contribution is 2.48. The number of imidazole rings is 2. The number of rotatable bonds is 10. The lowest BCUT2D eigenvalue weighted by Crippen LogP contribution is -2.53. The maximum Gasteiger partial charge on any atom is 0.407 e. The van der Waals surface area contributed by atoms with E-state index in [1.165, 1.54) is 47.6 Å². The average Bonchev–Trinajstić information content (AvgIpc) is 4.22. The molecule has 4 bridgehead atoms. The van der Waals surface area contributed by atoms with Gasteiger partial charge in [-0.2, -0.15) is 0 Å². The molecule has 0 radical (unpaired) electrons. The zero-order valence-corrected chi connectivity index (χ0v) is 44.7. The second-order valence-corrected chi connectivity index (χ2v) is 23.2. The van der Waals surface area contributed by atoms with Crippen LogP contribution in [0, 0.1) is 23.7 Å². The number of H-pyrrole nitrogens is 2. The minimum absolute atomic E-state index is 0.0681. The predicted octanol–water partition coefficient (Wildman–Crippen LogP) is 11.6. The molecule has 4 aromatic carbocycles. The van der Waals surface area contributed by atoms with Crippen LogP contribution in [0.5, 0.6) is 0 Å². The quantitative estimate of drug-likeness (QED) is 0.105. The van der Waals surface area contributed by atoms with Crippen LogP contribution in [0.2, 0.25) is 0 Å². The van der Waals surface area contributed by atoms with Crippen LogP contribution in [0.4, 0.5) is 9.59 Å². The number of ether oxygens (including phenoxy) is 2. The molecule has 2 aliphatic heterocycles. The standard InChI is InChI=1S/C61H74N8O6/c1-33(2)54(66-60(72)74-6)58(70)68-50-14-10-8-12-42(50)31-52(68)56-62-46-24-22-40(29-48(46)64-56)44-27-36-16-18-37-20-21-38(35(5)26-39(44)19-17-36)28-45(37)41-23-25-47-49(30-41)65-57(63-47)53-32-43-13-9-11-15-51(43)69(53)59(71)55(34(3)4)67-61(73)75-7/h17,19-25,27-30,33-35,42-43,50-55H,8-16,18,26,31-32H2,1-7H3,(H,62,64)(H,63,65)(H,66,72)(H,67,73)/t35-,42+,43+,50+,51+,52+,53+,54+,55+/m1/s1. The third-order valence-corrected chi connectivity index (χ3v) is 17.8. The second-order valence-electron chi connectivity index (χ2n) is 23.2. The Bertz CT molecular complexity index is 3140. The van der Waals surface area contributed by atoms with E-state index in [9.17, 15) is 19.2 Å². The molecule has 394 valence electrons. The van der Waals surface area contributed by atoms with Gasteiger partial charge in [0.05, 0.1) is 48.4 Å². The van der Waals surface area contributed by atoms with Crippen molar-refractivity contribution >= 4 is 46.1 Å². The zero-order valence-electron chi connectivity index (χ0n) is 44.7. The first-order valence-corrected chi connectivity index (χ1v) is 27.8. The SMILES string of the molecule is COC(=O)N[C@H](C(=O)N1[C@H](c2nc3cc(-c4cc5ccc4CCc4ccc(c(-c6ccc7[nH]c([C@@H]8C[C@@H]9CCCC[C@@H]9N8C(=O)[C@@H](NC(=O)OC)C(C)C)nc7c6)c4)C[C@H]5C)ccc3[nH]2)C[C@@H]2CCCC[C@@H]21)C(C)C. The summed E-state index contributed by atoms with van der Waals surface area (Å²) in [6.45, 7) is 10.2. The van der Waals surface area contributed by atoms with E-state index >= 15 is 0 Å². The maximum atomic E-state index is 14.5. The molecular formula is C61H74N8O6. The summed E-state index contributed by atoms with van der Waals surface area (Å²) in [6, 6.07) is 25.5. The summed E-state index contributed by atoms with van der Waals surface area (Å²) >= 11 is 0. The fourth-order valence-electron chi connectivity index (χ4n) is 13.8. The van der Waals surface area contributed by atoms with Crippen molar-refractivity contribution in [1.82, 2.24) is 40.4 Å². The zero-order chi connectivity index (χ0) is 52.2. The van der Waals surface area contributed by atoms with Crippen LogP contribution in [-0.4, -0.2) is 92.1 Å². The fourth-order valence-corrected chi connectivity index (χ4v) is 13.8. The Balaban J connectivity index is 0.862. The maximum absolute atomic E-state index is 14.5. The van der Waals surface area contributed by atoms with Gasteiger partial charge in [-0.25, -0.2) is 19.6 Å². The minimum Gasteiger partial charge on any atom is -0.453 e. The number of amides is 4. The first kappa shape index (κ1) is 50.5. The van der Waals surface area contributed by atoms with E-state index < -0.39 is 24.3 Å². The third-order valence-electron chi connectivity index (χ3n) is 17.8. The van der Waals surface area contributed by atoms with Gasteiger partial charge >= 0.3 is 12.2 Å². The largest absolute Gasteiger partial charge is 0.453 e. The summed E-state index contributed by atoms with van der Waals surface area (Å²) in [5, 5.41) is 5.69. The Morgan fingerprint density at radius 1 is 0.600 bits per heavy atom. The number of aromatic amines is 2. The number of aromatic nitrogens is 4. The Hall–Kier alpha value is -6.70. The molecule has 9 atom stereocenters. The predicted molar refractivity (Wildman–Crippen MR) is 291 cm³/mol. The smallest absolute Gasteiger partial charge is 0.407 e. The molecule has 14 rings (SSSR count). The molecule has 4 N–H and O–H groups in total. The van der Waals surface area contributed by atoms with Crippen molar-refractivity contribution in [3.63, 3.8) is 0 Å². The highest BCUT2D eigenvalue weighted by atomic mass is 16.5. The van der Waals surface area contributed by atoms with Gasteiger partial charge in [0.2, 0.25) is 11.8 Å². The summed E-state index contributed by atoms with van der Waals surface area (Å²) in [7, 11) is 2.67. The number of nitrogens with zero attached hydrogens (tertiary/aromatic N) is 4. The number of carbonyl (C=O) groups excluding carboxylic acids is 4. The van der Waals surface area contributed by atoms with Gasteiger partial charge in [0.1, 0.15) is 23.7 Å². The van der Waals surface area contributed by atoms with Gasteiger partial charge in [0, 0.05) is 12.1 Å². The topological polar surface area (TPSA) is 175 Å². The number of likely N-dealkylation sites (tertiary alicyclic amines) is 2. The van der Waals surface area contributed by atoms with E-state index in [-0.39, 0.29) is 53.7 Å². The first-order valence-electron chi connectivity index (χ1n) is 27.8. The van der Waals surface area contributed by atoms with Crippen LogP contribution in [0.25, 0.3) is 44.3 Å². The molecule has 4 heterocycles. The van der Waals surface area contributed by atoms with E-state index in [0.717, 1.165) is 128 Å². The summed E-state index contributed by atoms with van der Waals surface area (Å²) in [4.78, 5) is 75.9. The number of hydrogen-bond acceptors (Lipinski definition) is 8. The van der Waals surface area contributed by atoms with Crippen LogP contribution in [0.15, 0.2) is 72.8 Å². The highest BCUT2D eigenvalue weighted by Gasteiger charge is 2.50. The lowest BCUT2D eigenvalue weighted by atomic mass is 9.84. The fraction of sp³-hybridized carbons (Fsp3) is 0.508. The monoisotopic (exact) mass is 1010 g/mol. The average molecular weight is 1020 g/mol. The molecule has 75 heavy (non-hydrogen) atoms. The summed E-state index contributed by atoms with van der Waals surface area (Å²) in [6.07, 6.45) is 11.7. The highest BCUT2D eigenvalue weighted by molar-refractivity contribution is 5.89. The van der Waals surface area contributed by atoms with Gasteiger partial charge < -0.3 is 39.9 Å². The molecule has 14 heteroatoms. The molecule has 2 saturated carbocycles. The van der Waals surface area contributed by atoms with Gasteiger partial charge in [-0.3, -0.25) is 9.59 Å². The van der Waals surface area contributed by atoms with Crippen molar-refractivity contribution in [1.29, 1.82) is 0 Å². The van der Waals surface area contributed by atoms with E-state index in [0.29, 0.717) is 11.8 Å². The molecular weight excluding hydrogens is 941 g/mol. The Labute approximate surface area is 440 Å². The Kier molecular flexibility index (Phi) is 14.0.